The fourth-order valence-electron chi connectivity index (χ4n) is 2.11. The van der Waals surface area contributed by atoms with Crippen molar-refractivity contribution in [3.05, 3.63) is 51.4 Å². The van der Waals surface area contributed by atoms with Gasteiger partial charge in [0.1, 0.15) is 5.00 Å². The number of nitrogens with two attached hydrogens (primary N) is 1. The Hall–Kier alpha value is -1.79. The average molecular weight is 334 g/mol. The summed E-state index contributed by atoms with van der Waals surface area (Å²) in [7, 11) is 0. The van der Waals surface area contributed by atoms with Crippen molar-refractivity contribution in [3.63, 3.8) is 0 Å². The predicted octanol–water partition coefficient (Wildman–Crippen LogP) is 3.58. The molecule has 0 saturated carbocycles. The quantitative estimate of drug-likeness (QED) is 0.878. The summed E-state index contributed by atoms with van der Waals surface area (Å²) in [6, 6.07) is 7.45. The molecule has 0 aliphatic carbocycles. The van der Waals surface area contributed by atoms with Gasteiger partial charge in [0, 0.05) is 16.2 Å². The van der Waals surface area contributed by atoms with Crippen LogP contribution >= 0.6 is 23.1 Å². The number of amides is 2. The molecule has 4 nitrogen and oxygen atoms in total. The van der Waals surface area contributed by atoms with Crippen LogP contribution in [0.4, 0.5) is 5.00 Å². The maximum absolute atomic E-state index is 12.3. The van der Waals surface area contributed by atoms with Gasteiger partial charge in [-0.15, -0.1) is 11.3 Å². The minimum Gasteiger partial charge on any atom is -0.365 e. The molecule has 1 heterocycles. The second-order valence-corrected chi connectivity index (χ2v) is 7.03. The Kier molecular flexibility index (Phi) is 5.26. The minimum absolute atomic E-state index is 0.237. The summed E-state index contributed by atoms with van der Waals surface area (Å²) in [5.74, 6) is 0.156. The maximum Gasteiger partial charge on any atom is 0.256 e. The molecule has 0 spiro atoms. The van der Waals surface area contributed by atoms with Gasteiger partial charge in [0.05, 0.1) is 5.56 Å². The number of benzene rings is 1. The van der Waals surface area contributed by atoms with Crippen LogP contribution < -0.4 is 11.1 Å². The highest BCUT2D eigenvalue weighted by molar-refractivity contribution is 7.97. The third-order valence-electron chi connectivity index (χ3n) is 3.39. The SMILES string of the molecule is CSCc1ccc(C(=O)Nc2sc(C)c(C)c2C(N)=O)cc1. The Balaban J connectivity index is 2.22. The lowest BCUT2D eigenvalue weighted by molar-refractivity contribution is 0.100. The van der Waals surface area contributed by atoms with Crippen LogP contribution in [0.15, 0.2) is 24.3 Å². The van der Waals surface area contributed by atoms with E-state index in [0.717, 1.165) is 16.2 Å². The van der Waals surface area contributed by atoms with Crippen LogP contribution in [0.1, 0.15) is 36.7 Å². The van der Waals surface area contributed by atoms with Crippen molar-refractivity contribution in [1.29, 1.82) is 0 Å². The zero-order chi connectivity index (χ0) is 16.3. The number of rotatable bonds is 5. The van der Waals surface area contributed by atoms with Crippen molar-refractivity contribution in [2.24, 2.45) is 5.73 Å². The lowest BCUT2D eigenvalue weighted by atomic mass is 10.1. The van der Waals surface area contributed by atoms with Crippen LogP contribution in [0.2, 0.25) is 0 Å². The average Bonchev–Trinajstić information content (AvgIpc) is 2.74. The molecule has 0 aliphatic rings. The van der Waals surface area contributed by atoms with Crippen LogP contribution in [-0.2, 0) is 5.75 Å². The third kappa shape index (κ3) is 3.51. The van der Waals surface area contributed by atoms with Gasteiger partial charge < -0.3 is 11.1 Å². The molecule has 0 radical (unpaired) electrons. The van der Waals surface area contributed by atoms with Gasteiger partial charge in [-0.1, -0.05) is 12.1 Å². The molecule has 0 unspecified atom stereocenters. The Morgan fingerprint density at radius 1 is 1.23 bits per heavy atom. The predicted molar refractivity (Wildman–Crippen MR) is 93.9 cm³/mol. The lowest BCUT2D eigenvalue weighted by Crippen LogP contribution is -2.17. The number of carbonyl (C=O) groups is 2. The van der Waals surface area contributed by atoms with E-state index in [1.807, 2.05) is 32.2 Å². The van der Waals surface area contributed by atoms with Crippen molar-refractivity contribution in [3.8, 4) is 0 Å². The minimum atomic E-state index is -0.521. The molecule has 1 aromatic heterocycles. The van der Waals surface area contributed by atoms with Gasteiger partial charge in [-0.25, -0.2) is 0 Å². The highest BCUT2D eigenvalue weighted by Crippen LogP contribution is 2.32. The molecule has 2 rings (SSSR count). The number of aryl methyl sites for hydroxylation is 1. The largest absolute Gasteiger partial charge is 0.365 e. The molecule has 0 atom stereocenters. The molecule has 3 N–H and O–H groups in total. The Morgan fingerprint density at radius 2 is 1.86 bits per heavy atom. The Labute approximate surface area is 138 Å². The summed E-state index contributed by atoms with van der Waals surface area (Å²) in [4.78, 5) is 24.9. The highest BCUT2D eigenvalue weighted by Gasteiger charge is 2.19. The number of thioether (sulfide) groups is 1. The van der Waals surface area contributed by atoms with E-state index in [4.69, 9.17) is 5.73 Å². The van der Waals surface area contributed by atoms with E-state index in [0.29, 0.717) is 16.1 Å². The van der Waals surface area contributed by atoms with Crippen LogP contribution in [0.5, 0.6) is 0 Å². The van der Waals surface area contributed by atoms with Crippen LogP contribution in [0, 0.1) is 13.8 Å². The monoisotopic (exact) mass is 334 g/mol. The van der Waals surface area contributed by atoms with Gasteiger partial charge in [0.2, 0.25) is 0 Å². The Morgan fingerprint density at radius 3 is 2.41 bits per heavy atom. The van der Waals surface area contributed by atoms with Gasteiger partial charge in [-0.05, 0) is 43.4 Å². The standard InChI is InChI=1S/C16H18N2O2S2/c1-9-10(2)22-16(13(9)14(17)19)18-15(20)12-6-4-11(5-7-12)8-21-3/h4-7H,8H2,1-3H3,(H2,17,19)(H,18,20). The fourth-order valence-corrected chi connectivity index (χ4v) is 3.69. The highest BCUT2D eigenvalue weighted by atomic mass is 32.2. The smallest absolute Gasteiger partial charge is 0.256 e. The summed E-state index contributed by atoms with van der Waals surface area (Å²) in [6.45, 7) is 3.73. The molecule has 0 aliphatic heterocycles. The van der Waals surface area contributed by atoms with E-state index in [2.05, 4.69) is 5.32 Å². The number of thiophene rings is 1. The van der Waals surface area contributed by atoms with Crippen molar-refractivity contribution >= 4 is 39.9 Å². The molecule has 2 amide bonds. The topological polar surface area (TPSA) is 72.2 Å². The van der Waals surface area contributed by atoms with Crippen molar-refractivity contribution < 1.29 is 9.59 Å². The van der Waals surface area contributed by atoms with E-state index in [-0.39, 0.29) is 5.91 Å². The number of hydrogen-bond donors (Lipinski definition) is 2. The first-order valence-electron chi connectivity index (χ1n) is 6.73. The second kappa shape index (κ2) is 6.98. The zero-order valence-corrected chi connectivity index (χ0v) is 14.4. The van der Waals surface area contributed by atoms with Gasteiger partial charge >= 0.3 is 0 Å². The van der Waals surface area contributed by atoms with E-state index in [9.17, 15) is 9.59 Å². The van der Waals surface area contributed by atoms with Gasteiger partial charge in [-0.2, -0.15) is 11.8 Å². The number of anilines is 1. The molecule has 22 heavy (non-hydrogen) atoms. The maximum atomic E-state index is 12.3. The molecule has 116 valence electrons. The summed E-state index contributed by atoms with van der Waals surface area (Å²) >= 11 is 3.10. The first-order chi connectivity index (χ1) is 10.4. The first kappa shape index (κ1) is 16.6. The number of primary amides is 1. The van der Waals surface area contributed by atoms with Crippen molar-refractivity contribution in [1.82, 2.24) is 0 Å². The normalized spacial score (nSPS) is 10.5. The molecule has 1 aromatic carbocycles. The van der Waals surface area contributed by atoms with Gasteiger partial charge in [-0.3, -0.25) is 9.59 Å². The van der Waals surface area contributed by atoms with E-state index in [1.54, 1.807) is 23.9 Å². The van der Waals surface area contributed by atoms with Crippen LogP contribution in [-0.4, -0.2) is 18.1 Å². The van der Waals surface area contributed by atoms with Crippen molar-refractivity contribution in [2.45, 2.75) is 19.6 Å². The van der Waals surface area contributed by atoms with Crippen LogP contribution in [0.25, 0.3) is 0 Å². The second-order valence-electron chi connectivity index (χ2n) is 4.94. The Bertz CT molecular complexity index is 706. The lowest BCUT2D eigenvalue weighted by Gasteiger charge is -2.06. The van der Waals surface area contributed by atoms with Gasteiger partial charge in [0.25, 0.3) is 11.8 Å². The molecular weight excluding hydrogens is 316 g/mol. The zero-order valence-electron chi connectivity index (χ0n) is 12.7. The van der Waals surface area contributed by atoms with Crippen molar-refractivity contribution in [2.75, 3.05) is 11.6 Å². The summed E-state index contributed by atoms with van der Waals surface area (Å²) in [6.07, 6.45) is 2.04. The van der Waals surface area contributed by atoms with Gasteiger partial charge in [0.15, 0.2) is 0 Å². The summed E-state index contributed by atoms with van der Waals surface area (Å²) in [5.41, 5.74) is 8.36. The summed E-state index contributed by atoms with van der Waals surface area (Å²) in [5, 5.41) is 3.31. The van der Waals surface area contributed by atoms with E-state index in [1.165, 1.54) is 16.9 Å². The van der Waals surface area contributed by atoms with E-state index < -0.39 is 5.91 Å². The molecule has 6 heteroatoms. The molecule has 0 fully saturated rings. The molecule has 2 aromatic rings. The number of nitrogens with one attached hydrogen (secondary N) is 1. The molecule has 0 bridgehead atoms. The number of carbonyl (C=O) groups excluding carboxylic acids is 2. The molecule has 0 saturated heterocycles. The summed E-state index contributed by atoms with van der Waals surface area (Å²) < 4.78 is 0. The number of hydrogen-bond acceptors (Lipinski definition) is 4. The molecular formula is C16H18N2O2S2. The fraction of sp³-hybridized carbons (Fsp3) is 0.250. The first-order valence-corrected chi connectivity index (χ1v) is 8.94. The van der Waals surface area contributed by atoms with Crippen LogP contribution in [0.3, 0.4) is 0 Å². The van der Waals surface area contributed by atoms with E-state index >= 15 is 0 Å². The third-order valence-corrected chi connectivity index (χ3v) is 5.13.